The zero-order valence-electron chi connectivity index (χ0n) is 65.2. The first-order valence-corrected chi connectivity index (χ1v) is 45.3. The minimum absolute atomic E-state index is 0.348. The summed E-state index contributed by atoms with van der Waals surface area (Å²) in [6, 6.07) is 34.8. The number of fused-ring (bicyclic) bond motifs is 10. The van der Waals surface area contributed by atoms with E-state index in [1.54, 1.807) is 6.92 Å². The van der Waals surface area contributed by atoms with Crippen molar-refractivity contribution in [3.63, 3.8) is 0 Å². The molecule has 5 aromatic carbocycles. The lowest BCUT2D eigenvalue weighted by Crippen LogP contribution is -2.43. The lowest BCUT2D eigenvalue weighted by molar-refractivity contribution is 0.838. The fourth-order valence-corrected chi connectivity index (χ4v) is 38.0. The number of hydrogen-bond donors (Lipinski definition) is 0. The molecule has 6 rings (SSSR count). The molecule has 1 aliphatic carbocycles. The van der Waals surface area contributed by atoms with Gasteiger partial charge in [-0.25, -0.2) is 14.5 Å². The van der Waals surface area contributed by atoms with E-state index in [4.69, 9.17) is 19.7 Å². The lowest BCUT2D eigenvalue weighted by atomic mass is 9.94. The van der Waals surface area contributed by atoms with Crippen LogP contribution < -0.4 is 0 Å². The van der Waals surface area contributed by atoms with Crippen molar-refractivity contribution in [3.8, 4) is 69.8 Å². The second-order valence-electron chi connectivity index (χ2n) is 31.4. The van der Waals surface area contributed by atoms with Gasteiger partial charge in [0, 0.05) is 27.8 Å². The Balaban J connectivity index is 1.94. The van der Waals surface area contributed by atoms with Crippen molar-refractivity contribution in [3.05, 3.63) is 209 Å². The molecule has 0 aliphatic heterocycles. The minimum atomic E-state index is -2.28. The van der Waals surface area contributed by atoms with E-state index in [-0.39, 0.29) is 0 Å². The molecule has 101 heavy (non-hydrogen) atoms. The molecule has 0 atom stereocenters. The molecule has 0 saturated heterocycles. The fraction of sp³-hybridized carbons (Fsp3) is 0.402. The van der Waals surface area contributed by atoms with E-state index in [1.165, 1.54) is 0 Å². The fourth-order valence-electron chi connectivity index (χ4n) is 17.1. The number of rotatable bonds is 12. The van der Waals surface area contributed by atoms with Crippen LogP contribution in [0.1, 0.15) is 257 Å². The number of nitrogens with zero attached hydrogens (tertiary/aromatic N) is 5. The molecule has 0 unspecified atom stereocenters. The van der Waals surface area contributed by atoms with Crippen molar-refractivity contribution in [1.29, 1.82) is 10.5 Å². The molecule has 0 spiro atoms. The van der Waals surface area contributed by atoms with Crippen LogP contribution in [0.25, 0.3) is 73.2 Å². The van der Waals surface area contributed by atoms with Gasteiger partial charge in [0.15, 0.2) is 17.1 Å². The molecule has 9 heteroatoms. The van der Waals surface area contributed by atoms with Gasteiger partial charge in [-0.05, 0) is 232 Å². The van der Waals surface area contributed by atoms with Crippen molar-refractivity contribution >= 4 is 90.9 Å². The summed E-state index contributed by atoms with van der Waals surface area (Å²) in [5.74, 6) is 21.2. The monoisotopic (exact) mass is 1390 g/mol. The molecule has 0 heterocycles. The van der Waals surface area contributed by atoms with E-state index in [0.717, 1.165) is 22.3 Å². The molecule has 0 radical (unpaired) electrons. The van der Waals surface area contributed by atoms with Gasteiger partial charge >= 0.3 is 0 Å². The molecular weight excluding hydrogens is 1290 g/mol. The van der Waals surface area contributed by atoms with Crippen molar-refractivity contribution in [2.24, 2.45) is 0 Å². The maximum absolute atomic E-state index is 11.4. The van der Waals surface area contributed by atoms with Gasteiger partial charge in [-0.15, -0.1) is 28.1 Å². The Hall–Kier alpha value is -9.08. The zero-order chi connectivity index (χ0) is 75.2. The van der Waals surface area contributed by atoms with Crippen molar-refractivity contribution in [2.45, 2.75) is 240 Å². The topological polar surface area (TPSA) is 60.7 Å². The molecule has 5 aromatic rings. The summed E-state index contributed by atoms with van der Waals surface area (Å²) < 4.78 is 0. The van der Waals surface area contributed by atoms with Crippen LogP contribution in [0.15, 0.2) is 91.0 Å². The summed E-state index contributed by atoms with van der Waals surface area (Å²) in [5, 5.41) is 22.8. The van der Waals surface area contributed by atoms with E-state index in [1.807, 2.05) is 121 Å². The van der Waals surface area contributed by atoms with E-state index in [2.05, 4.69) is 251 Å². The van der Waals surface area contributed by atoms with Crippen LogP contribution in [-0.4, -0.2) is 32.3 Å². The maximum atomic E-state index is 11.4. The third-order valence-electron chi connectivity index (χ3n) is 21.8. The molecule has 0 fully saturated rings. The van der Waals surface area contributed by atoms with Crippen LogP contribution in [0.5, 0.6) is 0 Å². The minimum Gasteiger partial charge on any atom is -0.238 e. The lowest BCUT2D eigenvalue weighted by Gasteiger charge is -2.38. The van der Waals surface area contributed by atoms with Gasteiger partial charge in [0.25, 0.3) is 0 Å². The first-order chi connectivity index (χ1) is 47.6. The number of allylic oxidation sites excluding steroid dienone is 2. The molecule has 0 saturated carbocycles. The Bertz CT molecular complexity index is 4510. The molecule has 0 amide bonds. The highest BCUT2D eigenvalue weighted by Crippen LogP contribution is 2.45. The Morgan fingerprint density at radius 1 is 0.267 bits per heavy atom. The number of hydrogen-bond acceptors (Lipinski definition) is 2. The predicted octanol–water partition coefficient (Wildman–Crippen LogP) is 26.0. The van der Waals surface area contributed by atoms with Crippen LogP contribution in [0.2, 0.25) is 66.5 Å². The van der Waals surface area contributed by atoms with Crippen LogP contribution in [0.3, 0.4) is 0 Å². The van der Waals surface area contributed by atoms with Gasteiger partial charge in [-0.3, -0.25) is 0 Å². The van der Waals surface area contributed by atoms with Crippen LogP contribution >= 0.6 is 0 Å². The summed E-state index contributed by atoms with van der Waals surface area (Å²) in [4.78, 5) is 12.9. The second kappa shape index (κ2) is 34.5. The quantitative estimate of drug-likeness (QED) is 0.0710. The summed E-state index contributed by atoms with van der Waals surface area (Å²) in [5.41, 5.74) is 32.1. The Morgan fingerprint density at radius 2 is 0.455 bits per heavy atom. The third-order valence-corrected chi connectivity index (χ3v) is 47.0. The van der Waals surface area contributed by atoms with Gasteiger partial charge < -0.3 is 0 Å². The predicted molar refractivity (Wildman–Crippen MR) is 447 cm³/mol. The van der Waals surface area contributed by atoms with Crippen molar-refractivity contribution < 1.29 is 0 Å². The van der Waals surface area contributed by atoms with Crippen molar-refractivity contribution in [2.75, 3.05) is 0 Å². The van der Waals surface area contributed by atoms with E-state index >= 15 is 0 Å². The number of nitriles is 2. The Morgan fingerprint density at radius 3 is 0.644 bits per heavy atom. The van der Waals surface area contributed by atoms with Gasteiger partial charge in [-0.2, -0.15) is 10.5 Å². The normalized spacial score (nSPS) is 15.0. The Labute approximate surface area is 615 Å². The van der Waals surface area contributed by atoms with Gasteiger partial charge in [0.05, 0.1) is 43.0 Å². The molecule has 0 aromatic heterocycles. The summed E-state index contributed by atoms with van der Waals surface area (Å²) in [6.45, 7) is 84.1. The van der Waals surface area contributed by atoms with Gasteiger partial charge in [0.1, 0.15) is 32.3 Å². The van der Waals surface area contributed by atoms with Gasteiger partial charge in [0.2, 0.25) is 0 Å². The molecule has 10 bridgehead atoms. The average Bonchev–Trinajstić information content (AvgIpc) is 0.899. The SMILES string of the molecule is [C-]#[N+]/C1=C\c2cc(C#C[Si](C(C)C)(C(C)C)C(C)C)cc(c2)/C([N+]#[C-])=C/c2cc(C#C[Si](C(C)C)(C(C)C)C(C)C)cc(c2)/C([N+]#[C-])=C/c2cc(C#C[Si](C(C)C)(C(C)C)C(C)C)cc(c2)/C(C#N)=C/c2cc(C#CC)cc(c2)C(C#N)=Cc2cc(C#C[Si](C(C)C)(C(C)C)C(C)C)cc1c2. The average molecular weight is 1400 g/mol. The van der Waals surface area contributed by atoms with Gasteiger partial charge in [-0.1, -0.05) is 214 Å². The highest BCUT2D eigenvalue weighted by Gasteiger charge is 2.45. The Kier molecular flexibility index (Phi) is 27.6. The highest BCUT2D eigenvalue weighted by atomic mass is 28.3. The molecule has 516 valence electrons. The first-order valence-electron chi connectivity index (χ1n) is 36.4. The van der Waals surface area contributed by atoms with Crippen LogP contribution in [0, 0.1) is 100 Å². The largest absolute Gasteiger partial charge is 0.238 e. The standard InChI is InChI=1S/C92H107N5Si4/c1-29-30-73-39-78-49-83(44-73)89(60-94)55-79-40-75(32-36-99(64(8)9,65(10)11)66(12)13)46-85(51-79)91(96-27)57-81-42-77(34-38-101(70(20)21,71(22)23)72(24)25)48-87(53-81)92(97-28)58-82-43-76(33-37-100(67(14)15,68(16)17)69(18)19)47-86(52-82)90(95-26)56-80-41-74(45-84(50-80)88(54-78)59-93)31-35-98(61(2)3,62(4)5)63(6)7/h39-58,61-72H,1-25H3/b88-54+,89-55?,90-56-,91-57-,92-58-. The van der Waals surface area contributed by atoms with Crippen LogP contribution in [0.4, 0.5) is 0 Å². The third kappa shape index (κ3) is 18.0. The maximum Gasteiger partial charge on any atom is 0.194 e. The zero-order valence-corrected chi connectivity index (χ0v) is 69.2. The van der Waals surface area contributed by atoms with E-state index in [0.29, 0.717) is 156 Å². The molecule has 0 N–H and O–H groups in total. The second-order valence-corrected chi connectivity index (χ2v) is 53.8. The number of benzene rings is 5. The van der Waals surface area contributed by atoms with Crippen LogP contribution in [-0.2, 0) is 0 Å². The van der Waals surface area contributed by atoms with E-state index in [9.17, 15) is 10.5 Å². The smallest absolute Gasteiger partial charge is 0.194 e. The summed E-state index contributed by atoms with van der Waals surface area (Å²) in [7, 11) is -9.10. The molecule has 5 nitrogen and oxygen atoms in total. The highest BCUT2D eigenvalue weighted by molar-refractivity contribution is 6.92. The summed E-state index contributed by atoms with van der Waals surface area (Å²) in [6.07, 6.45) is 9.37. The summed E-state index contributed by atoms with van der Waals surface area (Å²) >= 11 is 0. The molecular formula is C92H107N5Si4. The first kappa shape index (κ1) is 80.9. The van der Waals surface area contributed by atoms with E-state index < -0.39 is 32.3 Å². The van der Waals surface area contributed by atoms with Crippen molar-refractivity contribution in [1.82, 2.24) is 0 Å². The molecule has 1 aliphatic rings.